The summed E-state index contributed by atoms with van der Waals surface area (Å²) < 4.78 is 19.4. The highest BCUT2D eigenvalue weighted by Crippen LogP contribution is 2.27. The molecule has 1 atom stereocenters. The van der Waals surface area contributed by atoms with Crippen molar-refractivity contribution in [2.45, 2.75) is 44.8 Å². The fraction of sp³-hybridized carbons (Fsp3) is 0.833. The van der Waals surface area contributed by atoms with Crippen molar-refractivity contribution in [2.75, 3.05) is 19.7 Å². The molecule has 1 fully saturated rings. The number of hydrogen-bond donors (Lipinski definition) is 1. The van der Waals surface area contributed by atoms with E-state index in [1.54, 1.807) is 0 Å². The van der Waals surface area contributed by atoms with Crippen molar-refractivity contribution in [3.63, 3.8) is 0 Å². The Labute approximate surface area is 106 Å². The van der Waals surface area contributed by atoms with Crippen LogP contribution in [0.1, 0.15) is 39.0 Å². The highest BCUT2D eigenvalue weighted by atomic mass is 19.1. The SMILES string of the molecule is CC(C)(C)c1nnc(CN2CCC(F)(CO)C2)o1. The molecule has 0 saturated carbocycles. The first kappa shape index (κ1) is 13.4. The van der Waals surface area contributed by atoms with E-state index in [2.05, 4.69) is 10.2 Å². The Morgan fingerprint density at radius 3 is 2.67 bits per heavy atom. The van der Waals surface area contributed by atoms with Crippen molar-refractivity contribution in [3.8, 4) is 0 Å². The Hall–Kier alpha value is -1.01. The molecule has 2 rings (SSSR count). The van der Waals surface area contributed by atoms with Crippen molar-refractivity contribution in [1.29, 1.82) is 0 Å². The van der Waals surface area contributed by atoms with Crippen molar-refractivity contribution in [3.05, 3.63) is 11.8 Å². The first-order valence-electron chi connectivity index (χ1n) is 6.17. The highest BCUT2D eigenvalue weighted by Gasteiger charge is 2.38. The van der Waals surface area contributed by atoms with Crippen LogP contribution in [-0.2, 0) is 12.0 Å². The van der Waals surface area contributed by atoms with E-state index in [4.69, 9.17) is 9.52 Å². The molecule has 18 heavy (non-hydrogen) atoms. The molecule has 1 unspecified atom stereocenters. The van der Waals surface area contributed by atoms with Crippen LogP contribution in [0.5, 0.6) is 0 Å². The van der Waals surface area contributed by atoms with E-state index >= 15 is 0 Å². The molecule has 5 nitrogen and oxygen atoms in total. The molecule has 0 radical (unpaired) electrons. The summed E-state index contributed by atoms with van der Waals surface area (Å²) in [6, 6.07) is 0. The molecular weight excluding hydrogens is 237 g/mol. The lowest BCUT2D eigenvalue weighted by Gasteiger charge is -2.17. The van der Waals surface area contributed by atoms with Crippen molar-refractivity contribution < 1.29 is 13.9 Å². The molecule has 102 valence electrons. The number of halogens is 1. The smallest absolute Gasteiger partial charge is 0.230 e. The van der Waals surface area contributed by atoms with Gasteiger partial charge < -0.3 is 9.52 Å². The van der Waals surface area contributed by atoms with E-state index < -0.39 is 12.3 Å². The minimum atomic E-state index is -1.48. The average Bonchev–Trinajstić information content (AvgIpc) is 2.86. The fourth-order valence-corrected chi connectivity index (χ4v) is 1.99. The molecule has 1 aromatic rings. The molecule has 1 aromatic heterocycles. The van der Waals surface area contributed by atoms with Crippen LogP contribution < -0.4 is 0 Å². The molecule has 0 bridgehead atoms. The Bertz CT molecular complexity index is 416. The van der Waals surface area contributed by atoms with Crippen molar-refractivity contribution >= 4 is 0 Å². The molecule has 0 aliphatic carbocycles. The van der Waals surface area contributed by atoms with Gasteiger partial charge in [-0.3, -0.25) is 4.90 Å². The zero-order valence-corrected chi connectivity index (χ0v) is 11.1. The number of hydrogen-bond acceptors (Lipinski definition) is 5. The van der Waals surface area contributed by atoms with Gasteiger partial charge in [0.05, 0.1) is 13.2 Å². The highest BCUT2D eigenvalue weighted by molar-refractivity contribution is 4.97. The topological polar surface area (TPSA) is 62.4 Å². The number of rotatable bonds is 3. The predicted octanol–water partition coefficient (Wildman–Crippen LogP) is 1.27. The van der Waals surface area contributed by atoms with Gasteiger partial charge >= 0.3 is 0 Å². The zero-order valence-electron chi connectivity index (χ0n) is 11.1. The molecular formula is C12H20FN3O2. The number of alkyl halides is 1. The third kappa shape index (κ3) is 2.87. The summed E-state index contributed by atoms with van der Waals surface area (Å²) in [5, 5.41) is 16.9. The van der Waals surface area contributed by atoms with Crippen LogP contribution in [0.15, 0.2) is 4.42 Å². The molecule has 0 spiro atoms. The summed E-state index contributed by atoms with van der Waals surface area (Å²) in [4.78, 5) is 1.89. The second kappa shape index (κ2) is 4.59. The average molecular weight is 257 g/mol. The summed E-state index contributed by atoms with van der Waals surface area (Å²) in [5.41, 5.74) is -1.65. The lowest BCUT2D eigenvalue weighted by atomic mass is 9.97. The lowest BCUT2D eigenvalue weighted by molar-refractivity contribution is 0.0757. The van der Waals surface area contributed by atoms with Gasteiger partial charge in [-0.25, -0.2) is 4.39 Å². The van der Waals surface area contributed by atoms with Crippen molar-refractivity contribution in [2.24, 2.45) is 0 Å². The quantitative estimate of drug-likeness (QED) is 0.883. The first-order chi connectivity index (χ1) is 8.32. The molecule has 0 aromatic carbocycles. The van der Waals surface area contributed by atoms with Gasteiger partial charge in [0.2, 0.25) is 11.8 Å². The van der Waals surface area contributed by atoms with Gasteiger partial charge in [-0.15, -0.1) is 10.2 Å². The fourth-order valence-electron chi connectivity index (χ4n) is 1.99. The van der Waals surface area contributed by atoms with Gasteiger partial charge in [0.25, 0.3) is 0 Å². The second-order valence-corrected chi connectivity index (χ2v) is 6.02. The summed E-state index contributed by atoms with van der Waals surface area (Å²) in [6.45, 7) is 6.83. The van der Waals surface area contributed by atoms with E-state index in [0.717, 1.165) is 0 Å². The largest absolute Gasteiger partial charge is 0.423 e. The van der Waals surface area contributed by atoms with Crippen LogP contribution in [0.2, 0.25) is 0 Å². The van der Waals surface area contributed by atoms with Gasteiger partial charge in [-0.1, -0.05) is 20.8 Å². The first-order valence-corrected chi connectivity index (χ1v) is 6.17. The Balaban J connectivity index is 1.97. The molecule has 1 aliphatic heterocycles. The van der Waals surface area contributed by atoms with E-state index in [0.29, 0.717) is 31.3 Å². The number of aliphatic hydroxyl groups excluding tert-OH is 1. The maximum absolute atomic E-state index is 13.8. The van der Waals surface area contributed by atoms with Crippen LogP contribution in [0, 0.1) is 0 Å². The summed E-state index contributed by atoms with van der Waals surface area (Å²) in [7, 11) is 0. The van der Waals surface area contributed by atoms with E-state index in [-0.39, 0.29) is 12.0 Å². The standard InChI is InChI=1S/C12H20FN3O2/c1-11(2,3)10-15-14-9(18-10)6-16-5-4-12(13,7-16)8-17/h17H,4-8H2,1-3H3. The van der Waals surface area contributed by atoms with E-state index in [1.165, 1.54) is 0 Å². The number of nitrogens with zero attached hydrogens (tertiary/aromatic N) is 3. The minimum Gasteiger partial charge on any atom is -0.423 e. The maximum atomic E-state index is 13.8. The Morgan fingerprint density at radius 1 is 1.44 bits per heavy atom. The van der Waals surface area contributed by atoms with Crippen LogP contribution >= 0.6 is 0 Å². The molecule has 6 heteroatoms. The number of likely N-dealkylation sites (tertiary alicyclic amines) is 1. The number of aliphatic hydroxyl groups is 1. The summed E-state index contributed by atoms with van der Waals surface area (Å²) in [5.74, 6) is 1.09. The normalized spacial score (nSPS) is 25.8. The van der Waals surface area contributed by atoms with Gasteiger partial charge in [0.15, 0.2) is 0 Å². The maximum Gasteiger partial charge on any atom is 0.230 e. The second-order valence-electron chi connectivity index (χ2n) is 6.02. The molecule has 2 heterocycles. The third-order valence-electron chi connectivity index (χ3n) is 3.13. The molecule has 1 N–H and O–H groups in total. The minimum absolute atomic E-state index is 0.175. The predicted molar refractivity (Wildman–Crippen MR) is 63.8 cm³/mol. The van der Waals surface area contributed by atoms with Gasteiger partial charge in [0.1, 0.15) is 5.67 Å². The van der Waals surface area contributed by atoms with Crippen LogP contribution in [0.3, 0.4) is 0 Å². The van der Waals surface area contributed by atoms with Gasteiger partial charge in [-0.05, 0) is 6.42 Å². The Morgan fingerprint density at radius 2 is 2.17 bits per heavy atom. The van der Waals surface area contributed by atoms with Gasteiger partial charge in [-0.2, -0.15) is 0 Å². The monoisotopic (exact) mass is 257 g/mol. The van der Waals surface area contributed by atoms with Crippen molar-refractivity contribution in [1.82, 2.24) is 15.1 Å². The van der Waals surface area contributed by atoms with E-state index in [1.807, 2.05) is 25.7 Å². The van der Waals surface area contributed by atoms with Crippen LogP contribution in [-0.4, -0.2) is 45.6 Å². The summed E-state index contributed by atoms with van der Waals surface area (Å²) in [6.07, 6.45) is 0.351. The van der Waals surface area contributed by atoms with Crippen LogP contribution in [0.25, 0.3) is 0 Å². The number of aromatic nitrogens is 2. The van der Waals surface area contributed by atoms with Gasteiger partial charge in [0, 0.05) is 18.5 Å². The third-order valence-corrected chi connectivity index (χ3v) is 3.13. The van der Waals surface area contributed by atoms with Crippen LogP contribution in [0.4, 0.5) is 4.39 Å². The molecule has 1 saturated heterocycles. The molecule has 1 aliphatic rings. The lowest BCUT2D eigenvalue weighted by Crippen LogP contribution is -2.32. The Kier molecular flexibility index (Phi) is 3.42. The zero-order chi connectivity index (χ0) is 13.4. The molecule has 0 amide bonds. The summed E-state index contributed by atoms with van der Waals surface area (Å²) >= 11 is 0. The van der Waals surface area contributed by atoms with E-state index in [9.17, 15) is 4.39 Å².